The topological polar surface area (TPSA) is 47.6 Å². The van der Waals surface area contributed by atoms with E-state index in [0.29, 0.717) is 0 Å². The zero-order valence-corrected chi connectivity index (χ0v) is 13.7. The number of halogens is 3. The maximum Gasteiger partial charge on any atom is 0.221 e. The van der Waals surface area contributed by atoms with Gasteiger partial charge in [0.1, 0.15) is 5.69 Å². The van der Waals surface area contributed by atoms with Crippen molar-refractivity contribution in [1.82, 2.24) is 0 Å². The summed E-state index contributed by atoms with van der Waals surface area (Å²) in [5.41, 5.74) is 0.509. The van der Waals surface area contributed by atoms with Crippen molar-refractivity contribution < 1.29 is 27.4 Å². The van der Waals surface area contributed by atoms with Crippen molar-refractivity contribution in [1.29, 1.82) is 0 Å². The van der Waals surface area contributed by atoms with Crippen LogP contribution in [0.2, 0.25) is 0 Å². The molecule has 0 radical (unpaired) electrons. The third kappa shape index (κ3) is 4.65. The maximum atomic E-state index is 13.6. The molecule has 0 fully saturated rings. The lowest BCUT2D eigenvalue weighted by Gasteiger charge is -2.13. The summed E-state index contributed by atoms with van der Waals surface area (Å²) in [7, 11) is 2.02. The van der Waals surface area contributed by atoms with Gasteiger partial charge in [-0.3, -0.25) is 4.79 Å². The second-order valence-corrected chi connectivity index (χ2v) is 4.72. The molecule has 0 aliphatic rings. The molecule has 0 heterocycles. The Labute approximate surface area is 138 Å². The van der Waals surface area contributed by atoms with Crippen molar-refractivity contribution >= 4 is 11.6 Å². The standard InChI is InChI=1S/C10H10F3NO3.C7H8/c1-4(15)14-8-5(11)9(16-2)7(13)10(17-3)6(8)12;1-7-5-3-2-4-6-7/h1-3H3,(H,14,15);2-6H,1H3. The van der Waals surface area contributed by atoms with E-state index >= 15 is 0 Å². The fourth-order valence-electron chi connectivity index (χ4n) is 1.80. The van der Waals surface area contributed by atoms with Gasteiger partial charge in [0.25, 0.3) is 0 Å². The number of carbonyl (C=O) groups excluding carboxylic acids is 1. The van der Waals surface area contributed by atoms with E-state index in [0.717, 1.165) is 21.1 Å². The molecular formula is C17H18F3NO3. The largest absolute Gasteiger partial charge is 0.491 e. The SMILES string of the molecule is COc1c(F)c(NC(C)=O)c(F)c(OC)c1F.Cc1ccccc1. The maximum absolute atomic E-state index is 13.6. The highest BCUT2D eigenvalue weighted by atomic mass is 19.1. The van der Waals surface area contributed by atoms with Gasteiger partial charge in [-0.25, -0.2) is 8.78 Å². The van der Waals surface area contributed by atoms with Gasteiger partial charge in [0.05, 0.1) is 14.2 Å². The minimum absolute atomic E-state index is 0.710. The first-order valence-electron chi connectivity index (χ1n) is 6.91. The molecule has 1 amide bonds. The lowest BCUT2D eigenvalue weighted by molar-refractivity contribution is -0.114. The first kappa shape index (κ1) is 19.3. The van der Waals surface area contributed by atoms with Crippen LogP contribution in [0.4, 0.5) is 18.9 Å². The Kier molecular flexibility index (Phi) is 7.10. The molecule has 130 valence electrons. The van der Waals surface area contributed by atoms with Gasteiger partial charge in [-0.15, -0.1) is 0 Å². The first-order chi connectivity index (χ1) is 11.3. The number of amides is 1. The summed E-state index contributed by atoms with van der Waals surface area (Å²) >= 11 is 0. The van der Waals surface area contributed by atoms with Gasteiger partial charge in [0.15, 0.2) is 23.1 Å². The minimum Gasteiger partial charge on any atom is -0.491 e. The van der Waals surface area contributed by atoms with Gasteiger partial charge in [0, 0.05) is 6.92 Å². The highest BCUT2D eigenvalue weighted by Crippen LogP contribution is 2.38. The highest BCUT2D eigenvalue weighted by Gasteiger charge is 2.27. The predicted molar refractivity (Wildman–Crippen MR) is 84.9 cm³/mol. The van der Waals surface area contributed by atoms with Gasteiger partial charge >= 0.3 is 0 Å². The molecule has 0 spiro atoms. The van der Waals surface area contributed by atoms with Crippen molar-refractivity contribution in [3.05, 3.63) is 53.3 Å². The smallest absolute Gasteiger partial charge is 0.221 e. The Hall–Kier alpha value is -2.70. The fraction of sp³-hybridized carbons (Fsp3) is 0.235. The van der Waals surface area contributed by atoms with Crippen LogP contribution in [0.5, 0.6) is 11.5 Å². The monoisotopic (exact) mass is 341 g/mol. The number of anilines is 1. The van der Waals surface area contributed by atoms with Crippen molar-refractivity contribution in [3.8, 4) is 11.5 Å². The van der Waals surface area contributed by atoms with Gasteiger partial charge in [0.2, 0.25) is 11.7 Å². The summed E-state index contributed by atoms with van der Waals surface area (Å²) in [4.78, 5) is 10.8. The normalized spacial score (nSPS) is 9.62. The van der Waals surface area contributed by atoms with Gasteiger partial charge in [-0.1, -0.05) is 35.9 Å². The van der Waals surface area contributed by atoms with E-state index in [4.69, 9.17) is 0 Å². The molecule has 0 unspecified atom stereocenters. The van der Waals surface area contributed by atoms with E-state index in [1.165, 1.54) is 5.56 Å². The lowest BCUT2D eigenvalue weighted by atomic mass is 10.2. The Balaban J connectivity index is 0.000000341. The van der Waals surface area contributed by atoms with Crippen molar-refractivity contribution in [2.75, 3.05) is 19.5 Å². The lowest BCUT2D eigenvalue weighted by Crippen LogP contribution is -2.12. The molecule has 0 atom stereocenters. The summed E-state index contributed by atoms with van der Waals surface area (Å²) in [6, 6.07) is 10.3. The molecule has 2 rings (SSSR count). The van der Waals surface area contributed by atoms with Crippen LogP contribution in [-0.4, -0.2) is 20.1 Å². The third-order valence-electron chi connectivity index (χ3n) is 2.89. The van der Waals surface area contributed by atoms with Crippen LogP contribution in [0.15, 0.2) is 30.3 Å². The summed E-state index contributed by atoms with van der Waals surface area (Å²) < 4.78 is 49.6. The quantitative estimate of drug-likeness (QED) is 0.915. The van der Waals surface area contributed by atoms with E-state index in [2.05, 4.69) is 28.5 Å². The number of hydrogen-bond acceptors (Lipinski definition) is 3. The number of nitrogens with one attached hydrogen (secondary N) is 1. The summed E-state index contributed by atoms with van der Waals surface area (Å²) in [5, 5.41) is 1.90. The molecule has 24 heavy (non-hydrogen) atoms. The number of aryl methyl sites for hydroxylation is 1. The molecule has 0 saturated carbocycles. The fourth-order valence-corrected chi connectivity index (χ4v) is 1.80. The van der Waals surface area contributed by atoms with E-state index in [9.17, 15) is 18.0 Å². The predicted octanol–water partition coefficient (Wildman–Crippen LogP) is 4.07. The van der Waals surface area contributed by atoms with Crippen molar-refractivity contribution in [2.45, 2.75) is 13.8 Å². The van der Waals surface area contributed by atoms with Crippen LogP contribution >= 0.6 is 0 Å². The molecule has 0 aliphatic carbocycles. The number of carbonyl (C=O) groups is 1. The number of methoxy groups -OCH3 is 2. The van der Waals surface area contributed by atoms with Crippen molar-refractivity contribution in [2.24, 2.45) is 0 Å². The molecule has 7 heteroatoms. The Bertz CT molecular complexity index is 675. The van der Waals surface area contributed by atoms with Crippen molar-refractivity contribution in [3.63, 3.8) is 0 Å². The average Bonchev–Trinajstić information content (AvgIpc) is 2.54. The van der Waals surface area contributed by atoms with E-state index in [-0.39, 0.29) is 0 Å². The first-order valence-corrected chi connectivity index (χ1v) is 6.91. The zero-order valence-electron chi connectivity index (χ0n) is 13.7. The number of ether oxygens (including phenoxy) is 2. The Morgan fingerprint density at radius 2 is 1.38 bits per heavy atom. The molecule has 0 saturated heterocycles. The third-order valence-corrected chi connectivity index (χ3v) is 2.89. The average molecular weight is 341 g/mol. The molecule has 2 aromatic carbocycles. The minimum atomic E-state index is -1.33. The van der Waals surface area contributed by atoms with Crippen LogP contribution in [0, 0.1) is 24.4 Å². The second kappa shape index (κ2) is 8.81. The number of hydrogen-bond donors (Lipinski definition) is 1. The van der Waals surface area contributed by atoms with E-state index in [1.807, 2.05) is 23.5 Å². The Morgan fingerprint density at radius 3 is 1.67 bits per heavy atom. The van der Waals surface area contributed by atoms with Crippen LogP contribution in [0.25, 0.3) is 0 Å². The van der Waals surface area contributed by atoms with Gasteiger partial charge in [-0.05, 0) is 6.92 Å². The molecule has 0 bridgehead atoms. The molecule has 0 aromatic heterocycles. The number of rotatable bonds is 3. The highest BCUT2D eigenvalue weighted by molar-refractivity contribution is 5.89. The molecule has 1 N–H and O–H groups in total. The van der Waals surface area contributed by atoms with Crippen LogP contribution < -0.4 is 14.8 Å². The second-order valence-electron chi connectivity index (χ2n) is 4.72. The summed E-state index contributed by atoms with van der Waals surface area (Å²) in [6.45, 7) is 3.14. The number of benzene rings is 2. The van der Waals surface area contributed by atoms with Crippen LogP contribution in [0.3, 0.4) is 0 Å². The van der Waals surface area contributed by atoms with E-state index in [1.54, 1.807) is 0 Å². The summed E-state index contributed by atoms with van der Waals surface area (Å²) in [6.07, 6.45) is 0. The molecular weight excluding hydrogens is 323 g/mol. The molecule has 0 aliphatic heterocycles. The van der Waals surface area contributed by atoms with E-state index < -0.39 is 40.5 Å². The zero-order chi connectivity index (χ0) is 18.3. The summed E-state index contributed by atoms with van der Waals surface area (Å²) in [5.74, 6) is -6.34. The van der Waals surface area contributed by atoms with Crippen LogP contribution in [-0.2, 0) is 4.79 Å². The van der Waals surface area contributed by atoms with Gasteiger partial charge in [-0.2, -0.15) is 4.39 Å². The molecule has 2 aromatic rings. The van der Waals surface area contributed by atoms with Gasteiger partial charge < -0.3 is 14.8 Å². The molecule has 4 nitrogen and oxygen atoms in total. The van der Waals surface area contributed by atoms with Crippen LogP contribution in [0.1, 0.15) is 12.5 Å². The Morgan fingerprint density at radius 1 is 0.917 bits per heavy atom.